The zero-order chi connectivity index (χ0) is 21.1. The Morgan fingerprint density at radius 1 is 1.24 bits per heavy atom. The highest BCUT2D eigenvalue weighted by Crippen LogP contribution is 2.24. The monoisotopic (exact) mass is 397 g/mol. The largest absolute Gasteiger partial charge is 0.354 e. The van der Waals surface area contributed by atoms with E-state index in [1.165, 1.54) is 13.3 Å². The van der Waals surface area contributed by atoms with Gasteiger partial charge in [-0.25, -0.2) is 9.97 Å². The van der Waals surface area contributed by atoms with Crippen LogP contribution in [0, 0.1) is 6.92 Å². The summed E-state index contributed by atoms with van der Waals surface area (Å²) in [5.74, 6) is 0.357. The summed E-state index contributed by atoms with van der Waals surface area (Å²) in [7, 11) is 0. The SMILES string of the molecule is CC(=O)N[C@H]1CCN(c2ncnc(C(=O)NCC3=C(C)C=C(C)CC3=O)c2C)C1. The lowest BCUT2D eigenvalue weighted by atomic mass is 9.92. The highest BCUT2D eigenvalue weighted by molar-refractivity contribution is 6.01. The minimum Gasteiger partial charge on any atom is -0.354 e. The smallest absolute Gasteiger partial charge is 0.270 e. The third-order valence-corrected chi connectivity index (χ3v) is 5.31. The molecule has 1 aliphatic heterocycles. The molecule has 2 heterocycles. The molecule has 1 aromatic rings. The summed E-state index contributed by atoms with van der Waals surface area (Å²) in [5, 5.41) is 5.75. The molecule has 29 heavy (non-hydrogen) atoms. The Hall–Kier alpha value is -3.03. The first kappa shape index (κ1) is 20.7. The number of ketones is 1. The molecule has 0 radical (unpaired) electrons. The molecule has 2 aliphatic rings. The molecule has 0 spiro atoms. The quantitative estimate of drug-likeness (QED) is 0.780. The second kappa shape index (κ2) is 8.55. The molecule has 1 atom stereocenters. The lowest BCUT2D eigenvalue weighted by Crippen LogP contribution is -2.36. The second-order valence-corrected chi connectivity index (χ2v) is 7.74. The van der Waals surface area contributed by atoms with E-state index in [9.17, 15) is 14.4 Å². The van der Waals surface area contributed by atoms with Crippen molar-refractivity contribution in [2.45, 2.75) is 46.6 Å². The van der Waals surface area contributed by atoms with E-state index in [2.05, 4.69) is 25.5 Å². The van der Waals surface area contributed by atoms with Gasteiger partial charge in [-0.15, -0.1) is 0 Å². The molecule has 8 nitrogen and oxygen atoms in total. The lowest BCUT2D eigenvalue weighted by molar-refractivity contribution is -0.119. The van der Waals surface area contributed by atoms with E-state index in [4.69, 9.17) is 0 Å². The highest BCUT2D eigenvalue weighted by Gasteiger charge is 2.27. The van der Waals surface area contributed by atoms with Crippen molar-refractivity contribution in [2.24, 2.45) is 0 Å². The summed E-state index contributed by atoms with van der Waals surface area (Å²) in [6, 6.07) is 0.0721. The van der Waals surface area contributed by atoms with Crippen molar-refractivity contribution in [2.75, 3.05) is 24.5 Å². The first-order chi connectivity index (χ1) is 13.8. The Labute approximate surface area is 170 Å². The van der Waals surface area contributed by atoms with Crippen molar-refractivity contribution in [3.05, 3.63) is 40.4 Å². The molecule has 1 saturated heterocycles. The van der Waals surface area contributed by atoms with Crippen LogP contribution in [0.3, 0.4) is 0 Å². The van der Waals surface area contributed by atoms with Crippen LogP contribution in [0.25, 0.3) is 0 Å². The number of hydrogen-bond acceptors (Lipinski definition) is 6. The summed E-state index contributed by atoms with van der Waals surface area (Å²) in [6.45, 7) is 8.71. The fourth-order valence-corrected chi connectivity index (χ4v) is 3.92. The molecule has 8 heteroatoms. The Kier molecular flexibility index (Phi) is 6.10. The fourth-order valence-electron chi connectivity index (χ4n) is 3.92. The number of nitrogens with zero attached hydrogens (tertiary/aromatic N) is 3. The zero-order valence-electron chi connectivity index (χ0n) is 17.3. The van der Waals surface area contributed by atoms with Crippen LogP contribution in [0.2, 0.25) is 0 Å². The standard InChI is InChI=1S/C21H27N5O3/c1-12-7-13(2)17(18(28)8-12)9-22-21(29)19-14(3)20(24-11-23-19)26-6-5-16(10-26)25-15(4)27/h7,11,16H,5-6,8-10H2,1-4H3,(H,22,29)(H,25,27)/t16-/m0/s1. The van der Waals surface area contributed by atoms with Crippen LogP contribution in [0.1, 0.15) is 49.7 Å². The maximum absolute atomic E-state index is 12.7. The summed E-state index contributed by atoms with van der Waals surface area (Å²) in [6.07, 6.45) is 4.58. The van der Waals surface area contributed by atoms with Crippen LogP contribution < -0.4 is 15.5 Å². The molecular formula is C21H27N5O3. The van der Waals surface area contributed by atoms with Crippen molar-refractivity contribution in [3.8, 4) is 0 Å². The van der Waals surface area contributed by atoms with Gasteiger partial charge in [-0.05, 0) is 32.8 Å². The van der Waals surface area contributed by atoms with Gasteiger partial charge in [0.2, 0.25) is 5.91 Å². The second-order valence-electron chi connectivity index (χ2n) is 7.74. The number of carbonyl (C=O) groups excluding carboxylic acids is 3. The number of amides is 2. The van der Waals surface area contributed by atoms with Crippen LogP contribution in [-0.2, 0) is 9.59 Å². The number of rotatable bonds is 5. The number of carbonyl (C=O) groups is 3. The Morgan fingerprint density at radius 2 is 2.00 bits per heavy atom. The Bertz CT molecular complexity index is 919. The molecule has 1 fully saturated rings. The number of hydrogen-bond donors (Lipinski definition) is 2. The van der Waals surface area contributed by atoms with Gasteiger partial charge in [0, 0.05) is 50.2 Å². The number of aromatic nitrogens is 2. The van der Waals surface area contributed by atoms with Gasteiger partial charge in [0.05, 0.1) is 0 Å². The molecule has 0 saturated carbocycles. The van der Waals surface area contributed by atoms with E-state index >= 15 is 0 Å². The van der Waals surface area contributed by atoms with E-state index in [1.807, 2.05) is 26.8 Å². The zero-order valence-corrected chi connectivity index (χ0v) is 17.3. The normalized spacial score (nSPS) is 19.3. The van der Waals surface area contributed by atoms with Crippen LogP contribution >= 0.6 is 0 Å². The number of allylic oxidation sites excluding steroid dienone is 3. The summed E-state index contributed by atoms with van der Waals surface area (Å²) < 4.78 is 0. The first-order valence-electron chi connectivity index (χ1n) is 9.78. The van der Waals surface area contributed by atoms with E-state index in [-0.39, 0.29) is 30.2 Å². The Balaban J connectivity index is 1.71. The number of nitrogens with one attached hydrogen (secondary N) is 2. The third-order valence-electron chi connectivity index (χ3n) is 5.31. The lowest BCUT2D eigenvalue weighted by Gasteiger charge is -2.21. The van der Waals surface area contributed by atoms with Gasteiger partial charge in [-0.3, -0.25) is 14.4 Å². The van der Waals surface area contributed by atoms with Gasteiger partial charge in [0.15, 0.2) is 5.78 Å². The molecule has 0 bridgehead atoms. The summed E-state index contributed by atoms with van der Waals surface area (Å²) in [4.78, 5) is 46.8. The highest BCUT2D eigenvalue weighted by atomic mass is 16.2. The molecular weight excluding hydrogens is 370 g/mol. The minimum atomic E-state index is -0.330. The molecule has 154 valence electrons. The van der Waals surface area contributed by atoms with E-state index < -0.39 is 0 Å². The van der Waals surface area contributed by atoms with Gasteiger partial charge in [-0.2, -0.15) is 0 Å². The van der Waals surface area contributed by atoms with Crippen LogP contribution in [0.5, 0.6) is 0 Å². The van der Waals surface area contributed by atoms with Crippen LogP contribution in [-0.4, -0.2) is 53.2 Å². The van der Waals surface area contributed by atoms with Gasteiger partial charge in [0.1, 0.15) is 17.8 Å². The van der Waals surface area contributed by atoms with Crippen LogP contribution in [0.4, 0.5) is 5.82 Å². The van der Waals surface area contributed by atoms with E-state index in [1.54, 1.807) is 0 Å². The van der Waals surface area contributed by atoms with Crippen LogP contribution in [0.15, 0.2) is 29.1 Å². The minimum absolute atomic E-state index is 0.0454. The first-order valence-corrected chi connectivity index (χ1v) is 9.78. The van der Waals surface area contributed by atoms with Gasteiger partial charge in [0.25, 0.3) is 5.91 Å². The molecule has 1 aromatic heterocycles. The fraction of sp³-hybridized carbons (Fsp3) is 0.476. The van der Waals surface area contributed by atoms with Crippen molar-refractivity contribution < 1.29 is 14.4 Å². The summed E-state index contributed by atoms with van der Waals surface area (Å²) >= 11 is 0. The third kappa shape index (κ3) is 4.70. The maximum Gasteiger partial charge on any atom is 0.270 e. The molecule has 2 amide bonds. The number of anilines is 1. The van der Waals surface area contributed by atoms with Gasteiger partial charge in [-0.1, -0.05) is 11.6 Å². The van der Waals surface area contributed by atoms with Crippen molar-refractivity contribution >= 4 is 23.4 Å². The van der Waals surface area contributed by atoms with Crippen molar-refractivity contribution in [3.63, 3.8) is 0 Å². The number of Topliss-reactive ketones (excluding diaryl/α,β-unsaturated/α-hetero) is 1. The van der Waals surface area contributed by atoms with Crippen molar-refractivity contribution in [1.82, 2.24) is 20.6 Å². The molecule has 2 N–H and O–H groups in total. The maximum atomic E-state index is 12.7. The van der Waals surface area contributed by atoms with E-state index in [0.29, 0.717) is 35.6 Å². The average Bonchev–Trinajstić information content (AvgIpc) is 3.08. The predicted molar refractivity (Wildman–Crippen MR) is 110 cm³/mol. The summed E-state index contributed by atoms with van der Waals surface area (Å²) in [5.41, 5.74) is 3.53. The molecule has 3 rings (SSSR count). The average molecular weight is 397 g/mol. The van der Waals surface area contributed by atoms with Gasteiger partial charge < -0.3 is 15.5 Å². The van der Waals surface area contributed by atoms with Crippen molar-refractivity contribution in [1.29, 1.82) is 0 Å². The molecule has 0 aromatic carbocycles. The van der Waals surface area contributed by atoms with E-state index in [0.717, 1.165) is 24.1 Å². The van der Waals surface area contributed by atoms with Gasteiger partial charge >= 0.3 is 0 Å². The topological polar surface area (TPSA) is 104 Å². The molecule has 1 aliphatic carbocycles. The predicted octanol–water partition coefficient (Wildman–Crippen LogP) is 1.47. The molecule has 0 unspecified atom stereocenters. The Morgan fingerprint density at radius 3 is 2.69 bits per heavy atom.